The van der Waals surface area contributed by atoms with Gasteiger partial charge in [-0.3, -0.25) is 4.79 Å². The van der Waals surface area contributed by atoms with E-state index in [1.165, 1.54) is 9.87 Å². The third-order valence-electron chi connectivity index (χ3n) is 4.06. The molecular formula is C15H20N2O3S2. The topological polar surface area (TPSA) is 66.5 Å². The van der Waals surface area contributed by atoms with Crippen LogP contribution in [0.25, 0.3) is 0 Å². The summed E-state index contributed by atoms with van der Waals surface area (Å²) in [6.45, 7) is 1.42. The lowest BCUT2D eigenvalue weighted by Crippen LogP contribution is -2.39. The summed E-state index contributed by atoms with van der Waals surface area (Å²) >= 11 is 1.56. The fourth-order valence-corrected chi connectivity index (χ4v) is 5.49. The third-order valence-corrected chi connectivity index (χ3v) is 7.25. The second-order valence-electron chi connectivity index (χ2n) is 5.63. The predicted octanol–water partition coefficient (Wildman–Crippen LogP) is 1.25. The Bertz CT molecular complexity index is 630. The van der Waals surface area contributed by atoms with Crippen LogP contribution in [0.2, 0.25) is 0 Å². The number of amides is 1. The standard InChI is InChI=1S/C15H20N2O3S2/c18-15(14-11-12-5-1-2-6-13(12)21-14)16-7-10-22(19,20)17-8-3-4-9-17/h1-2,5-6,14H,3-4,7-11H2,(H,16,18)/t14-/m1/s1. The van der Waals surface area contributed by atoms with Crippen LogP contribution < -0.4 is 5.32 Å². The van der Waals surface area contributed by atoms with Gasteiger partial charge in [0.05, 0.1) is 11.0 Å². The summed E-state index contributed by atoms with van der Waals surface area (Å²) in [5, 5.41) is 2.63. The van der Waals surface area contributed by atoms with E-state index in [1.807, 2.05) is 24.3 Å². The molecule has 1 aromatic carbocycles. The molecule has 2 heterocycles. The average Bonchev–Trinajstić information content (AvgIpc) is 3.16. The first kappa shape index (κ1) is 15.8. The molecular weight excluding hydrogens is 320 g/mol. The van der Waals surface area contributed by atoms with Crippen molar-refractivity contribution in [2.24, 2.45) is 0 Å². The lowest BCUT2D eigenvalue weighted by molar-refractivity contribution is -0.120. The summed E-state index contributed by atoms with van der Waals surface area (Å²) in [6.07, 6.45) is 2.58. The zero-order valence-electron chi connectivity index (χ0n) is 12.3. The average molecular weight is 340 g/mol. The predicted molar refractivity (Wildman–Crippen MR) is 87.4 cm³/mol. The highest BCUT2D eigenvalue weighted by Crippen LogP contribution is 2.36. The van der Waals surface area contributed by atoms with Gasteiger partial charge in [0.25, 0.3) is 0 Å². The molecule has 1 N–H and O–H groups in total. The molecule has 1 aromatic rings. The van der Waals surface area contributed by atoms with Crippen LogP contribution in [-0.4, -0.2) is 49.3 Å². The zero-order valence-corrected chi connectivity index (χ0v) is 14.0. The van der Waals surface area contributed by atoms with Crippen LogP contribution in [0.5, 0.6) is 0 Å². The monoisotopic (exact) mass is 340 g/mol. The smallest absolute Gasteiger partial charge is 0.233 e. The molecule has 1 amide bonds. The van der Waals surface area contributed by atoms with Crippen LogP contribution in [0.3, 0.4) is 0 Å². The van der Waals surface area contributed by atoms with Crippen LogP contribution in [-0.2, 0) is 21.2 Å². The highest BCUT2D eigenvalue weighted by atomic mass is 32.2. The Morgan fingerprint density at radius 1 is 1.27 bits per heavy atom. The number of hydrogen-bond donors (Lipinski definition) is 1. The van der Waals surface area contributed by atoms with Crippen molar-refractivity contribution in [3.63, 3.8) is 0 Å². The van der Waals surface area contributed by atoms with Crippen LogP contribution in [0.15, 0.2) is 29.2 Å². The number of thioether (sulfide) groups is 1. The molecule has 0 saturated carbocycles. The van der Waals surface area contributed by atoms with Crippen LogP contribution in [0.1, 0.15) is 18.4 Å². The van der Waals surface area contributed by atoms with E-state index in [2.05, 4.69) is 5.32 Å². The van der Waals surface area contributed by atoms with E-state index >= 15 is 0 Å². The fraction of sp³-hybridized carbons (Fsp3) is 0.533. The molecule has 1 atom stereocenters. The molecule has 2 aliphatic rings. The number of rotatable bonds is 5. The van der Waals surface area contributed by atoms with Crippen molar-refractivity contribution in [1.29, 1.82) is 0 Å². The second kappa shape index (κ2) is 6.60. The van der Waals surface area contributed by atoms with Crippen molar-refractivity contribution < 1.29 is 13.2 Å². The first-order valence-electron chi connectivity index (χ1n) is 7.56. The lowest BCUT2D eigenvalue weighted by atomic mass is 10.1. The van der Waals surface area contributed by atoms with E-state index in [0.29, 0.717) is 19.5 Å². The van der Waals surface area contributed by atoms with E-state index in [1.54, 1.807) is 11.8 Å². The van der Waals surface area contributed by atoms with Crippen molar-refractivity contribution in [2.75, 3.05) is 25.4 Å². The Kier molecular flexibility index (Phi) is 4.75. The van der Waals surface area contributed by atoms with Gasteiger partial charge in [0.2, 0.25) is 15.9 Å². The van der Waals surface area contributed by atoms with Crippen molar-refractivity contribution in [3.8, 4) is 0 Å². The second-order valence-corrected chi connectivity index (χ2v) is 8.96. The fourth-order valence-electron chi connectivity index (χ4n) is 2.84. The molecule has 5 nitrogen and oxygen atoms in total. The van der Waals surface area contributed by atoms with Gasteiger partial charge in [-0.1, -0.05) is 18.2 Å². The maximum Gasteiger partial charge on any atom is 0.233 e. The quantitative estimate of drug-likeness (QED) is 0.876. The van der Waals surface area contributed by atoms with Gasteiger partial charge in [0.15, 0.2) is 0 Å². The van der Waals surface area contributed by atoms with E-state index in [-0.39, 0.29) is 23.5 Å². The Labute approximate surface area is 135 Å². The molecule has 0 radical (unpaired) electrons. The van der Waals surface area contributed by atoms with E-state index in [4.69, 9.17) is 0 Å². The Balaban J connectivity index is 1.47. The zero-order chi connectivity index (χ0) is 15.6. The third kappa shape index (κ3) is 3.47. The molecule has 0 aliphatic carbocycles. The molecule has 0 aromatic heterocycles. The lowest BCUT2D eigenvalue weighted by Gasteiger charge is -2.16. The van der Waals surface area contributed by atoms with E-state index < -0.39 is 10.0 Å². The van der Waals surface area contributed by atoms with E-state index in [0.717, 1.165) is 17.7 Å². The minimum atomic E-state index is -3.22. The summed E-state index contributed by atoms with van der Waals surface area (Å²) in [6, 6.07) is 8.00. The normalized spacial score (nSPS) is 21.7. The SMILES string of the molecule is O=C(NCCS(=O)(=O)N1CCCC1)[C@H]1Cc2ccccc2S1. The number of sulfonamides is 1. The molecule has 7 heteroatoms. The first-order valence-corrected chi connectivity index (χ1v) is 10.1. The summed E-state index contributed by atoms with van der Waals surface area (Å²) in [4.78, 5) is 13.3. The maximum atomic E-state index is 12.2. The highest BCUT2D eigenvalue weighted by Gasteiger charge is 2.29. The van der Waals surface area contributed by atoms with Gasteiger partial charge in [0.1, 0.15) is 0 Å². The Morgan fingerprint density at radius 3 is 2.73 bits per heavy atom. The van der Waals surface area contributed by atoms with Gasteiger partial charge < -0.3 is 5.32 Å². The maximum absolute atomic E-state index is 12.2. The summed E-state index contributed by atoms with van der Waals surface area (Å²) in [5.41, 5.74) is 1.19. The molecule has 0 spiro atoms. The van der Waals surface area contributed by atoms with Gasteiger partial charge in [-0.2, -0.15) is 0 Å². The molecule has 1 fully saturated rings. The molecule has 22 heavy (non-hydrogen) atoms. The number of nitrogens with zero attached hydrogens (tertiary/aromatic N) is 1. The minimum absolute atomic E-state index is 0.0108. The molecule has 1 saturated heterocycles. The van der Waals surface area contributed by atoms with Crippen molar-refractivity contribution in [2.45, 2.75) is 29.4 Å². The van der Waals surface area contributed by atoms with Gasteiger partial charge in [0, 0.05) is 24.5 Å². The van der Waals surface area contributed by atoms with E-state index in [9.17, 15) is 13.2 Å². The number of fused-ring (bicyclic) bond motifs is 1. The number of carbonyl (C=O) groups excluding carboxylic acids is 1. The number of benzene rings is 1. The summed E-state index contributed by atoms with van der Waals surface area (Å²) in [7, 11) is -3.22. The van der Waals surface area contributed by atoms with Gasteiger partial charge >= 0.3 is 0 Å². The van der Waals surface area contributed by atoms with Crippen LogP contribution in [0, 0.1) is 0 Å². The number of nitrogens with one attached hydrogen (secondary N) is 1. The molecule has 2 aliphatic heterocycles. The Morgan fingerprint density at radius 2 is 2.00 bits per heavy atom. The Hall–Kier alpha value is -1.05. The van der Waals surface area contributed by atoms with Crippen LogP contribution >= 0.6 is 11.8 Å². The molecule has 0 unspecified atom stereocenters. The minimum Gasteiger partial charge on any atom is -0.354 e. The molecule has 120 valence electrons. The number of hydrogen-bond acceptors (Lipinski definition) is 4. The molecule has 3 rings (SSSR count). The van der Waals surface area contributed by atoms with Crippen molar-refractivity contribution in [3.05, 3.63) is 29.8 Å². The summed E-state index contributed by atoms with van der Waals surface area (Å²) in [5.74, 6) is -0.0823. The number of carbonyl (C=O) groups is 1. The van der Waals surface area contributed by atoms with Gasteiger partial charge in [-0.15, -0.1) is 11.8 Å². The highest BCUT2D eigenvalue weighted by molar-refractivity contribution is 8.01. The first-order chi connectivity index (χ1) is 10.6. The van der Waals surface area contributed by atoms with Gasteiger partial charge in [-0.05, 0) is 30.9 Å². The van der Waals surface area contributed by atoms with Crippen molar-refractivity contribution >= 4 is 27.7 Å². The van der Waals surface area contributed by atoms with Crippen LogP contribution in [0.4, 0.5) is 0 Å². The van der Waals surface area contributed by atoms with Gasteiger partial charge in [-0.25, -0.2) is 12.7 Å². The molecule has 0 bridgehead atoms. The van der Waals surface area contributed by atoms with Crippen molar-refractivity contribution in [1.82, 2.24) is 9.62 Å². The largest absolute Gasteiger partial charge is 0.354 e. The summed E-state index contributed by atoms with van der Waals surface area (Å²) < 4.78 is 25.7.